The van der Waals surface area contributed by atoms with Gasteiger partial charge in [-0.05, 0) is 95.2 Å². The van der Waals surface area contributed by atoms with Crippen LogP contribution in [0.2, 0.25) is 0 Å². The van der Waals surface area contributed by atoms with E-state index in [0.29, 0.717) is 35.3 Å². The molecule has 1 aliphatic heterocycles. The van der Waals surface area contributed by atoms with E-state index in [4.69, 9.17) is 9.47 Å². The Morgan fingerprint density at radius 1 is 0.857 bits per heavy atom. The van der Waals surface area contributed by atoms with Gasteiger partial charge in [0.1, 0.15) is 11.5 Å². The number of ketones is 2. The van der Waals surface area contributed by atoms with Gasteiger partial charge in [0.15, 0.2) is 11.6 Å². The van der Waals surface area contributed by atoms with Gasteiger partial charge in [-0.1, -0.05) is 75.3 Å². The Bertz CT molecular complexity index is 1780. The van der Waals surface area contributed by atoms with Gasteiger partial charge in [-0.2, -0.15) is 0 Å². The molecule has 1 N–H and O–H groups in total. The van der Waals surface area contributed by atoms with Crippen LogP contribution in [-0.4, -0.2) is 30.7 Å². The Kier molecular flexibility index (Phi) is 11.9. The van der Waals surface area contributed by atoms with Gasteiger partial charge >= 0.3 is 5.97 Å². The lowest BCUT2D eigenvalue weighted by atomic mass is 9.82. The molecular formula is C43H51NO5. The highest BCUT2D eigenvalue weighted by Crippen LogP contribution is 2.47. The second-order valence-corrected chi connectivity index (χ2v) is 13.7. The van der Waals surface area contributed by atoms with Crippen molar-refractivity contribution in [2.45, 2.75) is 99.3 Å². The minimum atomic E-state index is -0.303. The first-order valence-corrected chi connectivity index (χ1v) is 18.1. The monoisotopic (exact) mass is 661 g/mol. The lowest BCUT2D eigenvalue weighted by molar-refractivity contribution is -0.116. The Morgan fingerprint density at radius 3 is 2.29 bits per heavy atom. The number of allylic oxidation sites excluding steroid dienone is 7. The minimum Gasteiger partial charge on any atom is -0.462 e. The number of hydrogen-bond donors (Lipinski definition) is 1. The van der Waals surface area contributed by atoms with E-state index >= 15 is 0 Å². The summed E-state index contributed by atoms with van der Waals surface area (Å²) in [5.41, 5.74) is 9.61. The summed E-state index contributed by atoms with van der Waals surface area (Å²) < 4.78 is 12.4. The predicted octanol–water partition coefficient (Wildman–Crippen LogP) is 10.2. The second-order valence-electron chi connectivity index (χ2n) is 13.7. The fraction of sp³-hybridized carbons (Fsp3) is 0.419. The normalized spacial score (nSPS) is 17.2. The molecule has 5 rings (SSSR count). The number of nitrogens with one attached hydrogen (secondary N) is 1. The summed E-state index contributed by atoms with van der Waals surface area (Å²) in [4.78, 5) is 38.0. The van der Waals surface area contributed by atoms with Crippen molar-refractivity contribution in [3.63, 3.8) is 0 Å². The number of hydrogen-bond acceptors (Lipinski definition) is 6. The molecule has 0 saturated heterocycles. The van der Waals surface area contributed by atoms with Crippen LogP contribution in [-0.2, 0) is 14.3 Å². The maximum absolute atomic E-state index is 13.6. The predicted molar refractivity (Wildman–Crippen MR) is 198 cm³/mol. The van der Waals surface area contributed by atoms with E-state index in [1.54, 1.807) is 13.8 Å². The first-order valence-electron chi connectivity index (χ1n) is 18.1. The molecular weight excluding hydrogens is 610 g/mol. The van der Waals surface area contributed by atoms with Crippen LogP contribution in [0, 0.1) is 12.8 Å². The highest BCUT2D eigenvalue weighted by Gasteiger charge is 2.31. The van der Waals surface area contributed by atoms with E-state index in [9.17, 15) is 14.4 Å². The molecule has 0 spiro atoms. The van der Waals surface area contributed by atoms with Gasteiger partial charge in [0.2, 0.25) is 0 Å². The molecule has 3 aliphatic rings. The van der Waals surface area contributed by atoms with E-state index in [1.807, 2.05) is 24.3 Å². The number of unbranched alkanes of at least 4 members (excludes halogenated alkanes) is 7. The number of esters is 1. The number of ether oxygens (including phenoxy) is 2. The molecule has 0 aromatic heterocycles. The average molecular weight is 662 g/mol. The minimum absolute atomic E-state index is 0.0269. The molecule has 2 aromatic carbocycles. The van der Waals surface area contributed by atoms with Crippen LogP contribution in [0.25, 0.3) is 5.57 Å². The summed E-state index contributed by atoms with van der Waals surface area (Å²) in [6.45, 7) is 13.2. The molecule has 0 bridgehead atoms. The van der Waals surface area contributed by atoms with Crippen molar-refractivity contribution in [1.82, 2.24) is 0 Å². The Morgan fingerprint density at radius 2 is 1.55 bits per heavy atom. The van der Waals surface area contributed by atoms with Gasteiger partial charge in [-0.3, -0.25) is 9.59 Å². The first kappa shape index (κ1) is 35.8. The van der Waals surface area contributed by atoms with E-state index in [-0.39, 0.29) is 23.5 Å². The number of fused-ring (bicyclic) bond motifs is 2. The highest BCUT2D eigenvalue weighted by molar-refractivity contribution is 6.22. The van der Waals surface area contributed by atoms with Gasteiger partial charge < -0.3 is 14.8 Å². The summed E-state index contributed by atoms with van der Waals surface area (Å²) in [6, 6.07) is 12.0. The molecule has 1 heterocycles. The van der Waals surface area contributed by atoms with Crippen molar-refractivity contribution in [1.29, 1.82) is 0 Å². The molecule has 0 fully saturated rings. The van der Waals surface area contributed by atoms with Crippen LogP contribution in [0.4, 0.5) is 5.69 Å². The van der Waals surface area contributed by atoms with Crippen molar-refractivity contribution >= 4 is 28.8 Å². The second kappa shape index (κ2) is 16.3. The van der Waals surface area contributed by atoms with E-state index in [1.165, 1.54) is 11.6 Å². The Balaban J connectivity index is 1.14. The molecule has 1 atom stereocenters. The summed E-state index contributed by atoms with van der Waals surface area (Å²) in [5.74, 6) is 1.56. The van der Waals surface area contributed by atoms with Crippen LogP contribution in [0.5, 0.6) is 5.75 Å². The van der Waals surface area contributed by atoms with Crippen molar-refractivity contribution in [2.75, 3.05) is 18.5 Å². The lowest BCUT2D eigenvalue weighted by Gasteiger charge is -2.30. The van der Waals surface area contributed by atoms with Gasteiger partial charge in [-0.25, -0.2) is 4.79 Å². The molecule has 6 heteroatoms. The summed E-state index contributed by atoms with van der Waals surface area (Å²) in [5, 5.41) is 3.44. The zero-order chi connectivity index (χ0) is 35.1. The van der Waals surface area contributed by atoms with Gasteiger partial charge in [0.05, 0.1) is 12.2 Å². The van der Waals surface area contributed by atoms with Crippen LogP contribution < -0.4 is 10.1 Å². The van der Waals surface area contributed by atoms with Crippen LogP contribution in [0.3, 0.4) is 0 Å². The number of rotatable bonds is 15. The van der Waals surface area contributed by atoms with Crippen molar-refractivity contribution in [3.05, 3.63) is 111 Å². The smallest absolute Gasteiger partial charge is 0.338 e. The average Bonchev–Trinajstić information content (AvgIpc) is 3.08. The third-order valence-corrected chi connectivity index (χ3v) is 10.1. The number of carbonyl (C=O) groups excluding carboxylic acids is 3. The molecule has 258 valence electrons. The Hall–Kier alpha value is -4.45. The highest BCUT2D eigenvalue weighted by atomic mass is 16.5. The van der Waals surface area contributed by atoms with E-state index in [2.05, 4.69) is 57.3 Å². The number of Topliss-reactive ketones (excluding diaryl/α,β-unsaturated/α-hetero) is 1. The molecule has 2 aliphatic carbocycles. The molecule has 0 radical (unpaired) electrons. The topological polar surface area (TPSA) is 81.7 Å². The van der Waals surface area contributed by atoms with Crippen molar-refractivity contribution < 1.29 is 23.9 Å². The first-order chi connectivity index (χ1) is 23.6. The number of carbonyl (C=O) groups is 3. The number of anilines is 1. The van der Waals surface area contributed by atoms with Gasteiger partial charge in [-0.15, -0.1) is 0 Å². The van der Waals surface area contributed by atoms with E-state index < -0.39 is 0 Å². The standard InChI is InChI=1S/C43H51NO5/c1-7-44-37-26-40-36(23-29(37)4)41(35-22-27(2)28(3)24-39(35)49-40)33-19-15-16-20-34(33)43(47)48-21-17-13-11-9-8-10-12-14-18-32-25-38(45)30(5)31(6)42(32)46/h15-16,19-20,22-26,28,44H,7-14,17-18,21H2,1-6H3. The van der Waals surface area contributed by atoms with Crippen LogP contribution in [0.1, 0.15) is 119 Å². The molecule has 1 unspecified atom stereocenters. The number of aryl methyl sites for hydroxylation is 1. The van der Waals surface area contributed by atoms with Crippen molar-refractivity contribution in [2.24, 2.45) is 5.92 Å². The lowest BCUT2D eigenvalue weighted by Crippen LogP contribution is -2.17. The molecule has 49 heavy (non-hydrogen) atoms. The SMILES string of the molecule is CCNc1cc2c(cc1C)C(c1ccccc1C(=O)OCCCCCCCCCCC1=CC(=O)C(C)=C(C)C1=O)=C1C=C(C)C(C)C=C1O2. The molecule has 2 aromatic rings. The van der Waals surface area contributed by atoms with Crippen LogP contribution >= 0.6 is 0 Å². The third kappa shape index (κ3) is 8.24. The summed E-state index contributed by atoms with van der Waals surface area (Å²) in [6.07, 6.45) is 14.9. The molecule has 0 saturated carbocycles. The van der Waals surface area contributed by atoms with E-state index in [0.717, 1.165) is 103 Å². The fourth-order valence-electron chi connectivity index (χ4n) is 6.78. The fourth-order valence-corrected chi connectivity index (χ4v) is 6.78. The largest absolute Gasteiger partial charge is 0.462 e. The quantitative estimate of drug-likeness (QED) is 0.116. The Labute approximate surface area is 292 Å². The maximum Gasteiger partial charge on any atom is 0.338 e. The van der Waals surface area contributed by atoms with Crippen LogP contribution in [0.15, 0.2) is 88.3 Å². The summed E-state index contributed by atoms with van der Waals surface area (Å²) >= 11 is 0. The maximum atomic E-state index is 13.6. The number of benzene rings is 2. The molecule has 6 nitrogen and oxygen atoms in total. The zero-order valence-corrected chi connectivity index (χ0v) is 30.1. The van der Waals surface area contributed by atoms with Gasteiger partial charge in [0.25, 0.3) is 0 Å². The zero-order valence-electron chi connectivity index (χ0n) is 30.1. The van der Waals surface area contributed by atoms with Crippen molar-refractivity contribution in [3.8, 4) is 5.75 Å². The summed E-state index contributed by atoms with van der Waals surface area (Å²) in [7, 11) is 0. The third-order valence-electron chi connectivity index (χ3n) is 10.1. The van der Waals surface area contributed by atoms with Gasteiger partial charge in [0, 0.05) is 51.7 Å². The molecule has 0 amide bonds.